The van der Waals surface area contributed by atoms with Gasteiger partial charge in [-0.05, 0) is 62.4 Å². The summed E-state index contributed by atoms with van der Waals surface area (Å²) in [6, 6.07) is 15.0. The molecular formula is C25H26FN7O2. The van der Waals surface area contributed by atoms with Crippen molar-refractivity contribution in [2.45, 2.75) is 31.2 Å². The molecule has 5 rings (SSSR count). The number of hydrogen-bond acceptors (Lipinski definition) is 9. The molecule has 2 aliphatic heterocycles. The molecular weight excluding hydrogens is 449 g/mol. The minimum Gasteiger partial charge on any atom is -0.486 e. The first-order valence-corrected chi connectivity index (χ1v) is 11.5. The number of benzene rings is 2. The molecule has 35 heavy (non-hydrogen) atoms. The maximum absolute atomic E-state index is 14.1. The summed E-state index contributed by atoms with van der Waals surface area (Å²) in [4.78, 5) is 15.0. The second-order valence-corrected chi connectivity index (χ2v) is 9.15. The largest absolute Gasteiger partial charge is 0.486 e. The van der Waals surface area contributed by atoms with E-state index in [0.29, 0.717) is 54.7 Å². The van der Waals surface area contributed by atoms with Gasteiger partial charge in [-0.25, -0.2) is 14.4 Å². The van der Waals surface area contributed by atoms with Gasteiger partial charge in [0.1, 0.15) is 30.4 Å². The van der Waals surface area contributed by atoms with E-state index in [0.717, 1.165) is 11.4 Å². The van der Waals surface area contributed by atoms with Gasteiger partial charge in [-0.2, -0.15) is 10.2 Å². The van der Waals surface area contributed by atoms with Crippen molar-refractivity contribution < 1.29 is 14.2 Å². The summed E-state index contributed by atoms with van der Waals surface area (Å²) in [6.07, 6.45) is 0.237. The van der Waals surface area contributed by atoms with Crippen LogP contribution in [0.1, 0.15) is 18.9 Å². The van der Waals surface area contributed by atoms with E-state index in [4.69, 9.17) is 4.74 Å². The van der Waals surface area contributed by atoms with Crippen molar-refractivity contribution in [3.8, 4) is 23.2 Å². The number of hydrogen-bond donors (Lipinski definition) is 3. The van der Waals surface area contributed by atoms with Gasteiger partial charge in [0.25, 0.3) is 0 Å². The molecule has 0 amide bonds. The Morgan fingerprint density at radius 3 is 2.74 bits per heavy atom. The molecule has 2 atom stereocenters. The number of alkyl halides is 1. The third kappa shape index (κ3) is 5.16. The molecule has 0 spiro atoms. The SMILES string of the molecule is CC1(O)CN(c2ccc(Nc3ncnc(-c4ccc(O[C@H]5CCNC[C@@H]5F)c(C#N)c4)n3)cc2)C1. The van der Waals surface area contributed by atoms with Crippen LogP contribution in [0.25, 0.3) is 11.4 Å². The third-order valence-electron chi connectivity index (χ3n) is 6.11. The van der Waals surface area contributed by atoms with Crippen LogP contribution in [0.5, 0.6) is 5.75 Å². The van der Waals surface area contributed by atoms with Gasteiger partial charge in [0.05, 0.1) is 11.2 Å². The molecule has 2 aliphatic rings. The Labute approximate surface area is 202 Å². The summed E-state index contributed by atoms with van der Waals surface area (Å²) in [6.45, 7) is 3.96. The predicted molar refractivity (Wildman–Crippen MR) is 129 cm³/mol. The van der Waals surface area contributed by atoms with Crippen LogP contribution in [0, 0.1) is 11.3 Å². The lowest BCUT2D eigenvalue weighted by Gasteiger charge is -2.45. The molecule has 3 N–H and O–H groups in total. The highest BCUT2D eigenvalue weighted by Gasteiger charge is 2.36. The molecule has 2 aromatic carbocycles. The highest BCUT2D eigenvalue weighted by atomic mass is 19.1. The van der Waals surface area contributed by atoms with Crippen molar-refractivity contribution in [1.29, 1.82) is 5.26 Å². The Hall–Kier alpha value is -3.81. The minimum absolute atomic E-state index is 0.244. The van der Waals surface area contributed by atoms with E-state index in [1.54, 1.807) is 18.2 Å². The summed E-state index contributed by atoms with van der Waals surface area (Å²) in [7, 11) is 0. The van der Waals surface area contributed by atoms with Crippen molar-refractivity contribution in [3.05, 3.63) is 54.4 Å². The molecule has 1 aromatic heterocycles. The molecule has 3 aromatic rings. The van der Waals surface area contributed by atoms with Crippen molar-refractivity contribution in [2.24, 2.45) is 0 Å². The monoisotopic (exact) mass is 475 g/mol. The molecule has 3 heterocycles. The number of anilines is 3. The van der Waals surface area contributed by atoms with Gasteiger partial charge in [0.15, 0.2) is 5.82 Å². The average Bonchev–Trinajstić information content (AvgIpc) is 2.85. The van der Waals surface area contributed by atoms with Crippen LogP contribution in [-0.2, 0) is 0 Å². The van der Waals surface area contributed by atoms with Gasteiger partial charge < -0.3 is 25.4 Å². The minimum atomic E-state index is -1.12. The molecule has 0 saturated carbocycles. The average molecular weight is 476 g/mol. The number of β-amino-alcohol motifs (C(OH)–C–C–N with tert-alkyl or cyclic N) is 1. The summed E-state index contributed by atoms with van der Waals surface area (Å²) in [5, 5.41) is 25.7. The zero-order chi connectivity index (χ0) is 24.4. The Kier molecular flexibility index (Phi) is 6.19. The number of aliphatic hydroxyl groups is 1. The fourth-order valence-corrected chi connectivity index (χ4v) is 4.29. The van der Waals surface area contributed by atoms with Gasteiger partial charge >= 0.3 is 0 Å². The van der Waals surface area contributed by atoms with Crippen LogP contribution in [0.3, 0.4) is 0 Å². The summed E-state index contributed by atoms with van der Waals surface area (Å²) in [5.74, 6) is 1.11. The van der Waals surface area contributed by atoms with E-state index in [1.807, 2.05) is 31.2 Å². The van der Waals surface area contributed by atoms with Gasteiger partial charge in [-0.3, -0.25) is 0 Å². The molecule has 2 fully saturated rings. The maximum Gasteiger partial charge on any atom is 0.230 e. The summed E-state index contributed by atoms with van der Waals surface area (Å²) >= 11 is 0. The second-order valence-electron chi connectivity index (χ2n) is 9.15. The number of ether oxygens (including phenoxy) is 1. The van der Waals surface area contributed by atoms with Crippen molar-refractivity contribution in [1.82, 2.24) is 20.3 Å². The van der Waals surface area contributed by atoms with Gasteiger partial charge in [0, 0.05) is 36.6 Å². The first kappa shape index (κ1) is 23.0. The Morgan fingerprint density at radius 2 is 2.03 bits per heavy atom. The first-order valence-electron chi connectivity index (χ1n) is 11.5. The van der Waals surface area contributed by atoms with E-state index < -0.39 is 17.9 Å². The topological polar surface area (TPSA) is 119 Å². The number of aromatic nitrogens is 3. The standard InChI is InChI=1S/C25H26FN7O2/c1-25(34)13-33(14-25)19-5-3-18(4-6-19)31-24-30-15-29-23(32-24)16-2-7-21(17(10-16)11-27)35-22-8-9-28-12-20(22)26/h2-7,10,15,20,22,28,34H,8-9,12-14H2,1H3,(H,29,30,31,32)/t20-,22-/m0/s1. The van der Waals surface area contributed by atoms with Crippen molar-refractivity contribution >= 4 is 17.3 Å². The number of halogens is 1. The Morgan fingerprint density at radius 1 is 1.23 bits per heavy atom. The molecule has 9 nitrogen and oxygen atoms in total. The fraction of sp³-hybridized carbons (Fsp3) is 0.360. The van der Waals surface area contributed by atoms with Gasteiger partial charge in [-0.1, -0.05) is 0 Å². The molecule has 0 bridgehead atoms. The smallest absolute Gasteiger partial charge is 0.230 e. The maximum atomic E-state index is 14.1. The van der Waals surface area contributed by atoms with E-state index in [2.05, 4.69) is 36.6 Å². The van der Waals surface area contributed by atoms with Crippen molar-refractivity contribution in [2.75, 3.05) is 36.4 Å². The lowest BCUT2D eigenvalue weighted by molar-refractivity contribution is 0.0310. The van der Waals surface area contributed by atoms with E-state index in [-0.39, 0.29) is 6.54 Å². The first-order chi connectivity index (χ1) is 16.9. The quantitative estimate of drug-likeness (QED) is 0.494. The lowest BCUT2D eigenvalue weighted by atomic mass is 9.96. The second kappa shape index (κ2) is 9.44. The summed E-state index contributed by atoms with van der Waals surface area (Å²) in [5.41, 5.74) is 2.14. The predicted octanol–water partition coefficient (Wildman–Crippen LogP) is 2.80. The van der Waals surface area contributed by atoms with Crippen LogP contribution in [-0.4, -0.2) is 64.1 Å². The lowest BCUT2D eigenvalue weighted by Crippen LogP contribution is -2.60. The van der Waals surface area contributed by atoms with Crippen LogP contribution in [0.15, 0.2) is 48.8 Å². The van der Waals surface area contributed by atoms with E-state index in [9.17, 15) is 14.8 Å². The highest BCUT2D eigenvalue weighted by Crippen LogP contribution is 2.30. The van der Waals surface area contributed by atoms with Gasteiger partial charge in [-0.15, -0.1) is 0 Å². The van der Waals surface area contributed by atoms with Crippen LogP contribution in [0.2, 0.25) is 0 Å². The normalized spacial score (nSPS) is 21.0. The van der Waals surface area contributed by atoms with Crippen LogP contribution in [0.4, 0.5) is 21.7 Å². The van der Waals surface area contributed by atoms with E-state index in [1.165, 1.54) is 6.33 Å². The van der Waals surface area contributed by atoms with Gasteiger partial charge in [0.2, 0.25) is 5.95 Å². The van der Waals surface area contributed by atoms with Crippen molar-refractivity contribution in [3.63, 3.8) is 0 Å². The Bertz CT molecular complexity index is 1240. The zero-order valence-corrected chi connectivity index (χ0v) is 19.3. The summed E-state index contributed by atoms with van der Waals surface area (Å²) < 4.78 is 19.9. The number of nitrogens with zero attached hydrogens (tertiary/aromatic N) is 5. The fourth-order valence-electron chi connectivity index (χ4n) is 4.29. The molecule has 2 saturated heterocycles. The molecule has 10 heteroatoms. The number of nitrogens with one attached hydrogen (secondary N) is 2. The third-order valence-corrected chi connectivity index (χ3v) is 6.11. The van der Waals surface area contributed by atoms with Crippen LogP contribution < -0.4 is 20.3 Å². The van der Waals surface area contributed by atoms with E-state index >= 15 is 0 Å². The molecule has 0 radical (unpaired) electrons. The Balaban J connectivity index is 1.29. The molecule has 0 unspecified atom stereocenters. The molecule has 180 valence electrons. The zero-order valence-electron chi connectivity index (χ0n) is 19.3. The van der Waals surface area contributed by atoms with Crippen LogP contribution >= 0.6 is 0 Å². The number of piperidine rings is 1. The highest BCUT2D eigenvalue weighted by molar-refractivity contribution is 5.64. The number of nitriles is 1. The number of rotatable bonds is 6. The molecule has 0 aliphatic carbocycles.